The van der Waals surface area contributed by atoms with Crippen molar-refractivity contribution in [2.75, 3.05) is 18.4 Å². The lowest BCUT2D eigenvalue weighted by atomic mass is 9.67. The largest absolute Gasteiger partial charge is 0.377 e. The van der Waals surface area contributed by atoms with Gasteiger partial charge in [-0.25, -0.2) is 4.39 Å². The van der Waals surface area contributed by atoms with Crippen molar-refractivity contribution in [3.63, 3.8) is 0 Å². The molecule has 0 unspecified atom stereocenters. The van der Waals surface area contributed by atoms with E-state index in [4.69, 9.17) is 0 Å². The van der Waals surface area contributed by atoms with E-state index in [9.17, 15) is 4.39 Å². The van der Waals surface area contributed by atoms with E-state index in [0.717, 1.165) is 30.9 Å². The molecular weight excluding hydrogens is 359 g/mol. The van der Waals surface area contributed by atoms with Crippen LogP contribution in [0.3, 0.4) is 0 Å². The SMILES string of the molecule is C=C[C@H]1CN(Cc2ccccc2)C[C@]12c1cc(F)ccc1N[C@H]2c1ccccc1. The molecule has 0 aliphatic carbocycles. The number of hydrogen-bond acceptors (Lipinski definition) is 2. The minimum absolute atomic E-state index is 0.0873. The Morgan fingerprint density at radius 3 is 2.48 bits per heavy atom. The molecule has 2 heterocycles. The van der Waals surface area contributed by atoms with Crippen LogP contribution in [0.1, 0.15) is 22.7 Å². The Morgan fingerprint density at radius 1 is 1.03 bits per heavy atom. The van der Waals surface area contributed by atoms with Crippen LogP contribution in [0.25, 0.3) is 0 Å². The van der Waals surface area contributed by atoms with Crippen LogP contribution in [0.2, 0.25) is 0 Å². The van der Waals surface area contributed by atoms with Crippen LogP contribution < -0.4 is 5.32 Å². The first-order chi connectivity index (χ1) is 14.2. The molecule has 29 heavy (non-hydrogen) atoms. The standard InChI is InChI=1S/C26H25FN2/c1-2-21-17-29(16-19-9-5-3-6-10-19)18-26(21)23-15-22(27)13-14-24(23)28-25(26)20-11-7-4-8-12-20/h2-15,21,25,28H,1,16-18H2/t21-,25-,26+/m0/s1. The highest BCUT2D eigenvalue weighted by molar-refractivity contribution is 5.65. The van der Waals surface area contributed by atoms with Crippen molar-refractivity contribution in [2.45, 2.75) is 18.0 Å². The number of rotatable bonds is 4. The molecule has 1 spiro atoms. The lowest BCUT2D eigenvalue weighted by Crippen LogP contribution is -2.39. The summed E-state index contributed by atoms with van der Waals surface area (Å²) in [6, 6.07) is 26.3. The zero-order valence-corrected chi connectivity index (χ0v) is 16.4. The van der Waals surface area contributed by atoms with Gasteiger partial charge < -0.3 is 5.32 Å². The van der Waals surface area contributed by atoms with E-state index in [0.29, 0.717) is 0 Å². The van der Waals surface area contributed by atoms with Crippen molar-refractivity contribution >= 4 is 5.69 Å². The molecule has 0 saturated carbocycles. The van der Waals surface area contributed by atoms with Gasteiger partial charge in [-0.1, -0.05) is 66.7 Å². The van der Waals surface area contributed by atoms with E-state index in [1.807, 2.05) is 18.2 Å². The predicted octanol–water partition coefficient (Wildman–Crippen LogP) is 5.55. The number of likely N-dealkylation sites (tertiary alicyclic amines) is 1. The van der Waals surface area contributed by atoms with Crippen LogP contribution in [-0.2, 0) is 12.0 Å². The highest BCUT2D eigenvalue weighted by Gasteiger charge is 2.56. The minimum Gasteiger partial charge on any atom is -0.377 e. The molecule has 146 valence electrons. The summed E-state index contributed by atoms with van der Waals surface area (Å²) in [7, 11) is 0. The highest BCUT2D eigenvalue weighted by Crippen LogP contribution is 2.56. The second-order valence-electron chi connectivity index (χ2n) is 8.22. The molecule has 0 radical (unpaired) electrons. The molecule has 3 aromatic carbocycles. The molecule has 1 saturated heterocycles. The molecule has 1 N–H and O–H groups in total. The van der Waals surface area contributed by atoms with Gasteiger partial charge in [-0.3, -0.25) is 4.90 Å². The average molecular weight is 384 g/mol. The summed E-state index contributed by atoms with van der Waals surface area (Å²) in [4.78, 5) is 2.49. The zero-order valence-electron chi connectivity index (χ0n) is 16.4. The van der Waals surface area contributed by atoms with Crippen LogP contribution in [-0.4, -0.2) is 18.0 Å². The van der Waals surface area contributed by atoms with Gasteiger partial charge in [0.1, 0.15) is 5.82 Å². The van der Waals surface area contributed by atoms with Crippen LogP contribution in [0.5, 0.6) is 0 Å². The number of nitrogens with zero attached hydrogens (tertiary/aromatic N) is 1. The maximum Gasteiger partial charge on any atom is 0.123 e. The van der Waals surface area contributed by atoms with E-state index >= 15 is 0 Å². The fourth-order valence-corrected chi connectivity index (χ4v) is 5.32. The van der Waals surface area contributed by atoms with Crippen LogP contribution in [0.4, 0.5) is 10.1 Å². The molecule has 0 amide bonds. The first-order valence-electron chi connectivity index (χ1n) is 10.2. The Bertz CT molecular complexity index is 1020. The summed E-state index contributed by atoms with van der Waals surface area (Å²) in [5, 5.41) is 3.72. The Kier molecular flexibility index (Phi) is 4.48. The smallest absolute Gasteiger partial charge is 0.123 e. The van der Waals surface area contributed by atoms with Crippen molar-refractivity contribution in [3.8, 4) is 0 Å². The number of benzene rings is 3. The van der Waals surface area contributed by atoms with Crippen molar-refractivity contribution in [3.05, 3.63) is 114 Å². The molecule has 3 heteroatoms. The molecular formula is C26H25FN2. The Labute approximate surface area is 171 Å². The Balaban J connectivity index is 1.60. The molecule has 0 bridgehead atoms. The molecule has 2 aliphatic rings. The molecule has 0 aromatic heterocycles. The lowest BCUT2D eigenvalue weighted by molar-refractivity contribution is 0.292. The molecule has 3 aromatic rings. The van der Waals surface area contributed by atoms with Gasteiger partial charge in [-0.2, -0.15) is 0 Å². The normalized spacial score (nSPS) is 25.7. The second-order valence-corrected chi connectivity index (χ2v) is 8.22. The van der Waals surface area contributed by atoms with Crippen LogP contribution in [0.15, 0.2) is 91.5 Å². The second kappa shape index (κ2) is 7.16. The number of halogens is 1. The van der Waals surface area contributed by atoms with Gasteiger partial charge in [0.05, 0.1) is 6.04 Å². The van der Waals surface area contributed by atoms with Crippen LogP contribution >= 0.6 is 0 Å². The minimum atomic E-state index is -0.241. The van der Waals surface area contributed by atoms with E-state index < -0.39 is 0 Å². The summed E-state index contributed by atoms with van der Waals surface area (Å²) < 4.78 is 14.3. The summed E-state index contributed by atoms with van der Waals surface area (Å²) in [5.41, 5.74) is 4.40. The third kappa shape index (κ3) is 2.97. The van der Waals surface area contributed by atoms with E-state index in [1.165, 1.54) is 11.1 Å². The van der Waals surface area contributed by atoms with Gasteiger partial charge in [0, 0.05) is 36.7 Å². The topological polar surface area (TPSA) is 15.3 Å². The van der Waals surface area contributed by atoms with E-state index in [-0.39, 0.29) is 23.2 Å². The van der Waals surface area contributed by atoms with Crippen molar-refractivity contribution < 1.29 is 4.39 Å². The third-order valence-electron chi connectivity index (χ3n) is 6.57. The monoisotopic (exact) mass is 384 g/mol. The number of hydrogen-bond donors (Lipinski definition) is 1. The molecule has 3 atom stereocenters. The van der Waals surface area contributed by atoms with Crippen LogP contribution in [0, 0.1) is 11.7 Å². The molecule has 1 fully saturated rings. The number of anilines is 1. The quantitative estimate of drug-likeness (QED) is 0.594. The van der Waals surface area contributed by atoms with Gasteiger partial charge in [-0.15, -0.1) is 6.58 Å². The van der Waals surface area contributed by atoms with Gasteiger partial charge in [0.15, 0.2) is 0 Å². The molecule has 5 rings (SSSR count). The van der Waals surface area contributed by atoms with Gasteiger partial charge >= 0.3 is 0 Å². The van der Waals surface area contributed by atoms with E-state index in [2.05, 4.69) is 71.4 Å². The van der Waals surface area contributed by atoms with Gasteiger partial charge in [-0.05, 0) is 34.9 Å². The third-order valence-corrected chi connectivity index (χ3v) is 6.57. The first-order valence-corrected chi connectivity index (χ1v) is 10.2. The van der Waals surface area contributed by atoms with Crippen molar-refractivity contribution in [1.29, 1.82) is 0 Å². The van der Waals surface area contributed by atoms with Crippen molar-refractivity contribution in [2.24, 2.45) is 5.92 Å². The fraction of sp³-hybridized carbons (Fsp3) is 0.231. The highest BCUT2D eigenvalue weighted by atomic mass is 19.1. The summed E-state index contributed by atoms with van der Waals surface area (Å²) in [6.07, 6.45) is 2.07. The van der Waals surface area contributed by atoms with Gasteiger partial charge in [0.25, 0.3) is 0 Å². The first kappa shape index (κ1) is 18.1. The Hall–Kier alpha value is -2.91. The maximum absolute atomic E-state index is 14.3. The summed E-state index contributed by atoms with van der Waals surface area (Å²) in [5.74, 6) is 0.0509. The average Bonchev–Trinajstić information content (AvgIpc) is 3.28. The zero-order chi connectivity index (χ0) is 19.8. The van der Waals surface area contributed by atoms with Crippen molar-refractivity contribution in [1.82, 2.24) is 4.90 Å². The molecule has 2 nitrogen and oxygen atoms in total. The Morgan fingerprint density at radius 2 is 1.76 bits per heavy atom. The fourth-order valence-electron chi connectivity index (χ4n) is 5.32. The van der Waals surface area contributed by atoms with Gasteiger partial charge in [0.2, 0.25) is 0 Å². The summed E-state index contributed by atoms with van der Waals surface area (Å²) >= 11 is 0. The number of nitrogens with one attached hydrogen (secondary N) is 1. The summed E-state index contributed by atoms with van der Waals surface area (Å²) in [6.45, 7) is 6.85. The number of fused-ring (bicyclic) bond motifs is 2. The predicted molar refractivity (Wildman–Crippen MR) is 116 cm³/mol. The molecule has 2 aliphatic heterocycles. The van der Waals surface area contributed by atoms with E-state index in [1.54, 1.807) is 12.1 Å². The maximum atomic E-state index is 14.3. The lowest BCUT2D eigenvalue weighted by Gasteiger charge is -2.36.